The molecule has 6 aliphatic rings. The Morgan fingerprint density at radius 1 is 1.03 bits per heavy atom. The fraction of sp³-hybridized carbons (Fsp3) is 0.344. The van der Waals surface area contributed by atoms with Crippen molar-refractivity contribution >= 4 is 11.6 Å². The highest BCUT2D eigenvalue weighted by Gasteiger charge is 2.62. The number of nitrogens with zero attached hydrogens (tertiary/aromatic N) is 1. The van der Waals surface area contributed by atoms with Gasteiger partial charge >= 0.3 is 0 Å². The average Bonchev–Trinajstić information content (AvgIpc) is 3.21. The van der Waals surface area contributed by atoms with Crippen LogP contribution in [0.25, 0.3) is 0 Å². The quantitative estimate of drug-likeness (QED) is 0.411. The number of fused-ring (bicyclic) bond motifs is 7. The van der Waals surface area contributed by atoms with Crippen molar-refractivity contribution in [2.24, 2.45) is 17.3 Å². The minimum Gasteiger partial charge on any atom is -0.489 e. The van der Waals surface area contributed by atoms with Gasteiger partial charge in [0.2, 0.25) is 0 Å². The Bertz CT molecular complexity index is 1360. The van der Waals surface area contributed by atoms with Crippen molar-refractivity contribution in [3.8, 4) is 6.07 Å². The molecule has 1 aromatic carbocycles. The summed E-state index contributed by atoms with van der Waals surface area (Å²) in [5.41, 5.74) is 7.58. The lowest BCUT2D eigenvalue weighted by Crippen LogP contribution is -2.47. The molecule has 35 heavy (non-hydrogen) atoms. The van der Waals surface area contributed by atoms with Crippen LogP contribution < -0.4 is 0 Å². The molecule has 2 nitrogen and oxygen atoms in total. The van der Waals surface area contributed by atoms with Gasteiger partial charge in [-0.25, -0.2) is 0 Å². The number of hydrogen-bond acceptors (Lipinski definition) is 2. The first-order valence-electron chi connectivity index (χ1n) is 12.9. The van der Waals surface area contributed by atoms with Crippen LogP contribution in [0.15, 0.2) is 106 Å². The largest absolute Gasteiger partial charge is 0.489 e. The summed E-state index contributed by atoms with van der Waals surface area (Å²) in [6.07, 6.45) is 24.9. The highest BCUT2D eigenvalue weighted by Crippen LogP contribution is 2.69. The van der Waals surface area contributed by atoms with Crippen LogP contribution in [0, 0.1) is 28.6 Å². The molecule has 7 rings (SSSR count). The first-order chi connectivity index (χ1) is 17.2. The van der Waals surface area contributed by atoms with E-state index < -0.39 is 0 Å². The van der Waals surface area contributed by atoms with E-state index in [0.29, 0.717) is 11.5 Å². The topological polar surface area (TPSA) is 33.0 Å². The zero-order valence-corrected chi connectivity index (χ0v) is 20.5. The van der Waals surface area contributed by atoms with Gasteiger partial charge < -0.3 is 4.74 Å². The summed E-state index contributed by atoms with van der Waals surface area (Å²) in [7, 11) is 0. The molecule has 5 aliphatic carbocycles. The smallest absolute Gasteiger partial charge is 0.131 e. The molecule has 1 aromatic rings. The first-order valence-corrected chi connectivity index (χ1v) is 13.3. The molecule has 0 radical (unpaired) electrons. The molecule has 1 spiro atoms. The number of rotatable bonds is 1. The predicted octanol–water partition coefficient (Wildman–Crippen LogP) is 7.94. The van der Waals surface area contributed by atoms with Crippen molar-refractivity contribution in [2.45, 2.75) is 50.5 Å². The zero-order chi connectivity index (χ0) is 23.6. The number of allylic oxidation sites excluding steroid dienone is 12. The Morgan fingerprint density at radius 3 is 2.71 bits per heavy atom. The van der Waals surface area contributed by atoms with E-state index >= 15 is 0 Å². The summed E-state index contributed by atoms with van der Waals surface area (Å²) < 4.78 is 6.95. The second kappa shape index (κ2) is 8.00. The van der Waals surface area contributed by atoms with Crippen LogP contribution in [0.5, 0.6) is 0 Å². The van der Waals surface area contributed by atoms with Crippen molar-refractivity contribution < 1.29 is 4.74 Å². The third-order valence-electron chi connectivity index (χ3n) is 9.01. The Kier molecular flexibility index (Phi) is 4.87. The number of halogens is 1. The molecule has 1 heterocycles. The molecule has 3 heteroatoms. The zero-order valence-electron chi connectivity index (χ0n) is 19.7. The number of benzene rings is 1. The molecule has 0 fully saturated rings. The second-order valence-electron chi connectivity index (χ2n) is 10.5. The van der Waals surface area contributed by atoms with E-state index in [1.54, 1.807) is 5.57 Å². The standard InChI is InChI=1S/C32H28ClNO/c33-28-13-6-11-26-30(28)23-7-1-2-9-24(23)32(26)25-10-3-4-14-29(25)35-31-22(8-5-12-27(31)32)21-17-15-20(19-34)16-18-21/h1,3,5,7-8,10,12-13,15-18,22,26,30-31H,2,4,6,9,11,14H2. The fourth-order valence-corrected chi connectivity index (χ4v) is 8.12. The van der Waals surface area contributed by atoms with Gasteiger partial charge in [0.25, 0.3) is 0 Å². The number of nitriles is 1. The molecular weight excluding hydrogens is 450 g/mol. The van der Waals surface area contributed by atoms with Crippen molar-refractivity contribution in [3.05, 3.63) is 117 Å². The third-order valence-corrected chi connectivity index (χ3v) is 9.40. The lowest BCUT2D eigenvalue weighted by molar-refractivity contribution is 0.0687. The molecular formula is C32H28ClNO. The molecule has 174 valence electrons. The van der Waals surface area contributed by atoms with Gasteiger partial charge in [0.1, 0.15) is 11.9 Å². The minimum absolute atomic E-state index is 0.0405. The maximum absolute atomic E-state index is 9.30. The summed E-state index contributed by atoms with van der Waals surface area (Å²) in [4.78, 5) is 0. The lowest BCUT2D eigenvalue weighted by Gasteiger charge is -2.52. The Balaban J connectivity index is 1.46. The van der Waals surface area contributed by atoms with Crippen LogP contribution in [-0.4, -0.2) is 6.10 Å². The highest BCUT2D eigenvalue weighted by atomic mass is 35.5. The van der Waals surface area contributed by atoms with Gasteiger partial charge in [-0.1, -0.05) is 77.9 Å². The van der Waals surface area contributed by atoms with Crippen LogP contribution in [0.4, 0.5) is 0 Å². The van der Waals surface area contributed by atoms with Crippen molar-refractivity contribution in [1.82, 2.24) is 0 Å². The van der Waals surface area contributed by atoms with Gasteiger partial charge in [-0.15, -0.1) is 0 Å². The van der Waals surface area contributed by atoms with Crippen molar-refractivity contribution in [3.63, 3.8) is 0 Å². The molecule has 0 saturated carbocycles. The van der Waals surface area contributed by atoms with E-state index in [1.165, 1.54) is 28.0 Å². The van der Waals surface area contributed by atoms with Gasteiger partial charge in [0.15, 0.2) is 0 Å². The van der Waals surface area contributed by atoms with Gasteiger partial charge in [-0.3, -0.25) is 0 Å². The maximum Gasteiger partial charge on any atom is 0.131 e. The Hall–Kier alpha value is -3.02. The molecule has 0 amide bonds. The molecule has 5 atom stereocenters. The summed E-state index contributed by atoms with van der Waals surface area (Å²) in [5, 5.41) is 10.3. The van der Waals surface area contributed by atoms with E-state index in [1.807, 2.05) is 12.1 Å². The van der Waals surface area contributed by atoms with Crippen LogP contribution in [0.1, 0.15) is 55.6 Å². The molecule has 0 bridgehead atoms. The summed E-state index contributed by atoms with van der Waals surface area (Å²) in [5.74, 6) is 2.00. The van der Waals surface area contributed by atoms with Gasteiger partial charge in [0, 0.05) is 34.3 Å². The van der Waals surface area contributed by atoms with Crippen LogP contribution in [-0.2, 0) is 4.74 Å². The Morgan fingerprint density at radius 2 is 1.86 bits per heavy atom. The van der Waals surface area contributed by atoms with Crippen LogP contribution >= 0.6 is 11.6 Å². The third kappa shape index (κ3) is 2.88. The second-order valence-corrected chi connectivity index (χ2v) is 11.0. The Labute approximate surface area is 212 Å². The summed E-state index contributed by atoms with van der Waals surface area (Å²) >= 11 is 7.01. The minimum atomic E-state index is -0.149. The average molecular weight is 478 g/mol. The SMILES string of the molecule is N#Cc1ccc(C2C=CC=C3C2OC2=C(C=CCC2)C32C3=C(C=CCC3)C3C(Cl)=CCCC32)cc1. The van der Waals surface area contributed by atoms with Gasteiger partial charge in [0.05, 0.1) is 11.6 Å². The van der Waals surface area contributed by atoms with E-state index in [2.05, 4.69) is 66.8 Å². The number of ether oxygens (including phenoxy) is 1. The molecule has 0 aromatic heterocycles. The molecule has 0 saturated heterocycles. The molecule has 5 unspecified atom stereocenters. The van der Waals surface area contributed by atoms with E-state index in [0.717, 1.165) is 43.6 Å². The fourth-order valence-electron chi connectivity index (χ4n) is 7.74. The van der Waals surface area contributed by atoms with Crippen LogP contribution in [0.2, 0.25) is 0 Å². The predicted molar refractivity (Wildman–Crippen MR) is 139 cm³/mol. The molecule has 0 N–H and O–H groups in total. The summed E-state index contributed by atoms with van der Waals surface area (Å²) in [6.45, 7) is 0. The maximum atomic E-state index is 9.30. The first kappa shape index (κ1) is 21.3. The molecule has 1 aliphatic heterocycles. The normalized spacial score (nSPS) is 34.4. The van der Waals surface area contributed by atoms with Gasteiger partial charge in [-0.05, 0) is 66.9 Å². The number of hydrogen-bond donors (Lipinski definition) is 0. The van der Waals surface area contributed by atoms with E-state index in [9.17, 15) is 5.26 Å². The monoisotopic (exact) mass is 477 g/mol. The van der Waals surface area contributed by atoms with E-state index in [-0.39, 0.29) is 23.4 Å². The summed E-state index contributed by atoms with van der Waals surface area (Å²) in [6, 6.07) is 10.3. The lowest BCUT2D eigenvalue weighted by atomic mass is 9.55. The highest BCUT2D eigenvalue weighted by molar-refractivity contribution is 6.30. The van der Waals surface area contributed by atoms with Crippen molar-refractivity contribution in [2.75, 3.05) is 0 Å². The van der Waals surface area contributed by atoms with Crippen molar-refractivity contribution in [1.29, 1.82) is 5.26 Å². The van der Waals surface area contributed by atoms with E-state index in [4.69, 9.17) is 16.3 Å². The van der Waals surface area contributed by atoms with Crippen LogP contribution in [0.3, 0.4) is 0 Å². The van der Waals surface area contributed by atoms with Gasteiger partial charge in [-0.2, -0.15) is 5.26 Å².